The average Bonchev–Trinajstić information content (AvgIpc) is 2.86. The highest BCUT2D eigenvalue weighted by Crippen LogP contribution is 2.25. The summed E-state index contributed by atoms with van der Waals surface area (Å²) in [7, 11) is 1.19. The largest absolute Gasteiger partial charge is 0.465 e. The number of amides is 2. The molecular formula is C15H15F3N2O4. The van der Waals surface area contributed by atoms with Gasteiger partial charge in [0.2, 0.25) is 11.8 Å². The van der Waals surface area contributed by atoms with Crippen LogP contribution in [0.15, 0.2) is 24.3 Å². The second-order valence-electron chi connectivity index (χ2n) is 5.32. The molecule has 0 bridgehead atoms. The number of para-hydroxylation sites is 1. The van der Waals surface area contributed by atoms with Crippen molar-refractivity contribution in [3.63, 3.8) is 0 Å². The summed E-state index contributed by atoms with van der Waals surface area (Å²) in [6.07, 6.45) is -4.82. The van der Waals surface area contributed by atoms with Gasteiger partial charge in [0.1, 0.15) is 6.54 Å². The molecule has 2 amide bonds. The molecule has 1 aromatic carbocycles. The predicted octanol–water partition coefficient (Wildman–Crippen LogP) is 1.82. The molecule has 1 saturated heterocycles. The van der Waals surface area contributed by atoms with Crippen LogP contribution in [-0.2, 0) is 14.3 Å². The van der Waals surface area contributed by atoms with Crippen molar-refractivity contribution in [2.24, 2.45) is 5.92 Å². The lowest BCUT2D eigenvalue weighted by Crippen LogP contribution is -2.36. The molecule has 0 saturated carbocycles. The van der Waals surface area contributed by atoms with E-state index in [0.717, 1.165) is 0 Å². The van der Waals surface area contributed by atoms with Crippen LogP contribution in [0.4, 0.5) is 18.9 Å². The van der Waals surface area contributed by atoms with Crippen LogP contribution >= 0.6 is 0 Å². The third-order valence-corrected chi connectivity index (χ3v) is 3.55. The van der Waals surface area contributed by atoms with E-state index in [4.69, 9.17) is 0 Å². The average molecular weight is 344 g/mol. The van der Waals surface area contributed by atoms with Crippen LogP contribution in [0.25, 0.3) is 0 Å². The van der Waals surface area contributed by atoms with E-state index in [1.54, 1.807) is 12.1 Å². The second kappa shape index (κ2) is 6.90. The highest BCUT2D eigenvalue weighted by Gasteiger charge is 2.40. The van der Waals surface area contributed by atoms with E-state index in [9.17, 15) is 27.6 Å². The van der Waals surface area contributed by atoms with E-state index in [2.05, 4.69) is 10.1 Å². The minimum absolute atomic E-state index is 0.116. The molecule has 0 aromatic heterocycles. The lowest BCUT2D eigenvalue weighted by Gasteiger charge is -2.18. The maximum Gasteiger partial charge on any atom is 0.406 e. The van der Waals surface area contributed by atoms with Gasteiger partial charge in [0.15, 0.2) is 0 Å². The number of anilines is 1. The van der Waals surface area contributed by atoms with Crippen LogP contribution in [0.2, 0.25) is 0 Å². The molecular weight excluding hydrogens is 329 g/mol. The van der Waals surface area contributed by atoms with E-state index < -0.39 is 36.4 Å². The van der Waals surface area contributed by atoms with Crippen LogP contribution in [0.1, 0.15) is 16.8 Å². The van der Waals surface area contributed by atoms with Gasteiger partial charge in [-0.15, -0.1) is 0 Å². The molecule has 0 spiro atoms. The zero-order chi connectivity index (χ0) is 17.9. The number of benzene rings is 1. The van der Waals surface area contributed by atoms with Gasteiger partial charge < -0.3 is 15.0 Å². The summed E-state index contributed by atoms with van der Waals surface area (Å²) in [6, 6.07) is 6.06. The number of nitrogens with zero attached hydrogens (tertiary/aromatic N) is 1. The monoisotopic (exact) mass is 344 g/mol. The summed E-state index contributed by atoms with van der Waals surface area (Å²) in [5.74, 6) is -2.92. The number of methoxy groups -OCH3 is 1. The smallest absolute Gasteiger partial charge is 0.406 e. The molecule has 6 nitrogen and oxygen atoms in total. The van der Waals surface area contributed by atoms with Gasteiger partial charge in [-0.3, -0.25) is 9.59 Å². The highest BCUT2D eigenvalue weighted by molar-refractivity contribution is 6.03. The Hall–Kier alpha value is -2.58. The molecule has 1 aliphatic heterocycles. The lowest BCUT2D eigenvalue weighted by molar-refractivity contribution is -0.157. The Morgan fingerprint density at radius 3 is 2.62 bits per heavy atom. The quantitative estimate of drug-likeness (QED) is 0.846. The van der Waals surface area contributed by atoms with Gasteiger partial charge >= 0.3 is 12.1 Å². The number of rotatable bonds is 4. The number of likely N-dealkylation sites (tertiary alicyclic amines) is 1. The number of nitrogens with one attached hydrogen (secondary N) is 1. The fourth-order valence-electron chi connectivity index (χ4n) is 2.43. The molecule has 1 fully saturated rings. The fourth-order valence-corrected chi connectivity index (χ4v) is 2.43. The van der Waals surface area contributed by atoms with Gasteiger partial charge in [0, 0.05) is 13.0 Å². The highest BCUT2D eigenvalue weighted by atomic mass is 19.4. The summed E-state index contributed by atoms with van der Waals surface area (Å²) in [5, 5.41) is 2.47. The van der Waals surface area contributed by atoms with Gasteiger partial charge in [0.05, 0.1) is 24.3 Å². The Morgan fingerprint density at radius 2 is 2.00 bits per heavy atom. The molecule has 1 N–H and O–H groups in total. The van der Waals surface area contributed by atoms with Crippen molar-refractivity contribution in [2.75, 3.05) is 25.5 Å². The molecule has 1 aliphatic rings. The van der Waals surface area contributed by atoms with Crippen LogP contribution in [0.3, 0.4) is 0 Å². The molecule has 1 aromatic rings. The number of ether oxygens (including phenoxy) is 1. The maximum absolute atomic E-state index is 12.4. The molecule has 130 valence electrons. The van der Waals surface area contributed by atoms with Gasteiger partial charge in [-0.1, -0.05) is 12.1 Å². The van der Waals surface area contributed by atoms with E-state index in [-0.39, 0.29) is 24.2 Å². The first-order chi connectivity index (χ1) is 11.2. The topological polar surface area (TPSA) is 75.7 Å². The molecule has 0 aliphatic carbocycles. The number of esters is 1. The minimum Gasteiger partial charge on any atom is -0.465 e. The molecule has 1 heterocycles. The van der Waals surface area contributed by atoms with Crippen molar-refractivity contribution in [3.8, 4) is 0 Å². The number of halogens is 3. The fraction of sp³-hybridized carbons (Fsp3) is 0.400. The molecule has 1 unspecified atom stereocenters. The number of alkyl halides is 3. The van der Waals surface area contributed by atoms with Gasteiger partial charge in [-0.25, -0.2) is 4.79 Å². The summed E-state index contributed by atoms with van der Waals surface area (Å²) in [6.45, 7) is -1.70. The van der Waals surface area contributed by atoms with E-state index in [1.165, 1.54) is 19.2 Å². The maximum atomic E-state index is 12.4. The van der Waals surface area contributed by atoms with E-state index in [1.807, 2.05) is 0 Å². The third-order valence-electron chi connectivity index (χ3n) is 3.55. The third kappa shape index (κ3) is 4.24. The van der Waals surface area contributed by atoms with Crippen molar-refractivity contribution in [1.29, 1.82) is 0 Å². The zero-order valence-corrected chi connectivity index (χ0v) is 12.7. The zero-order valence-electron chi connectivity index (χ0n) is 12.7. The number of carbonyl (C=O) groups is 3. The Kier molecular flexibility index (Phi) is 5.10. The van der Waals surface area contributed by atoms with Crippen molar-refractivity contribution >= 4 is 23.5 Å². The van der Waals surface area contributed by atoms with Gasteiger partial charge in [-0.2, -0.15) is 13.2 Å². The summed E-state index contributed by atoms with van der Waals surface area (Å²) in [4.78, 5) is 36.1. The van der Waals surface area contributed by atoms with Crippen molar-refractivity contribution in [1.82, 2.24) is 4.90 Å². The van der Waals surface area contributed by atoms with Crippen molar-refractivity contribution in [2.45, 2.75) is 12.6 Å². The standard InChI is InChI=1S/C15H15F3N2O4/c1-24-14(23)10-4-2-3-5-11(10)19-13(22)9-6-12(21)20(7-9)8-15(16,17)18/h2-5,9H,6-8H2,1H3,(H,19,22). The van der Waals surface area contributed by atoms with Crippen molar-refractivity contribution < 1.29 is 32.3 Å². The minimum atomic E-state index is -4.52. The Morgan fingerprint density at radius 1 is 1.33 bits per heavy atom. The van der Waals surface area contributed by atoms with Gasteiger partial charge in [0.25, 0.3) is 0 Å². The first-order valence-corrected chi connectivity index (χ1v) is 7.04. The predicted molar refractivity (Wildman–Crippen MR) is 77.2 cm³/mol. The van der Waals surface area contributed by atoms with Crippen LogP contribution in [-0.4, -0.2) is 49.1 Å². The Bertz CT molecular complexity index is 660. The number of carbonyl (C=O) groups excluding carboxylic acids is 3. The van der Waals surface area contributed by atoms with Crippen LogP contribution in [0, 0.1) is 5.92 Å². The first kappa shape index (κ1) is 17.8. The molecule has 2 rings (SSSR count). The van der Waals surface area contributed by atoms with Crippen LogP contribution in [0.5, 0.6) is 0 Å². The van der Waals surface area contributed by atoms with Crippen LogP contribution < -0.4 is 5.32 Å². The van der Waals surface area contributed by atoms with Gasteiger partial charge in [-0.05, 0) is 12.1 Å². The summed E-state index contributed by atoms with van der Waals surface area (Å²) in [5.41, 5.74) is 0.292. The lowest BCUT2D eigenvalue weighted by atomic mass is 10.1. The van der Waals surface area contributed by atoms with E-state index in [0.29, 0.717) is 4.90 Å². The normalized spacial score (nSPS) is 17.8. The first-order valence-electron chi connectivity index (χ1n) is 7.04. The number of hydrogen-bond donors (Lipinski definition) is 1. The Balaban J connectivity index is 2.07. The van der Waals surface area contributed by atoms with E-state index >= 15 is 0 Å². The van der Waals surface area contributed by atoms with Crippen molar-refractivity contribution in [3.05, 3.63) is 29.8 Å². The summed E-state index contributed by atoms with van der Waals surface area (Å²) < 4.78 is 41.8. The Labute approximate surface area is 135 Å². The summed E-state index contributed by atoms with van der Waals surface area (Å²) >= 11 is 0. The molecule has 24 heavy (non-hydrogen) atoms. The SMILES string of the molecule is COC(=O)c1ccccc1NC(=O)C1CC(=O)N(CC(F)(F)F)C1. The molecule has 0 radical (unpaired) electrons. The molecule has 9 heteroatoms. The number of hydrogen-bond acceptors (Lipinski definition) is 4. The molecule has 1 atom stereocenters. The second-order valence-corrected chi connectivity index (χ2v) is 5.32.